The van der Waals surface area contributed by atoms with E-state index < -0.39 is 5.97 Å². The van der Waals surface area contributed by atoms with Crippen molar-refractivity contribution in [1.29, 1.82) is 0 Å². The quantitative estimate of drug-likeness (QED) is 0.341. The molecule has 1 aliphatic heterocycles. The zero-order valence-corrected chi connectivity index (χ0v) is 16.5. The number of carbonyl (C=O) groups excluding carboxylic acids is 3. The van der Waals surface area contributed by atoms with E-state index in [0.29, 0.717) is 28.8 Å². The van der Waals surface area contributed by atoms with E-state index in [1.165, 1.54) is 4.90 Å². The fourth-order valence-electron chi connectivity index (χ4n) is 5.81. The summed E-state index contributed by atoms with van der Waals surface area (Å²) in [5, 5.41) is 0. The summed E-state index contributed by atoms with van der Waals surface area (Å²) in [6, 6.07) is 13.9. The van der Waals surface area contributed by atoms with Crippen molar-refractivity contribution in [2.75, 3.05) is 4.90 Å². The maximum atomic E-state index is 13.3. The average Bonchev–Trinajstić information content (AvgIpc) is 3.53. The third kappa shape index (κ3) is 2.38. The number of allylic oxidation sites excluding steroid dienone is 2. The fraction of sp³-hybridized carbons (Fsp3) is 0.320. The molecule has 2 amide bonds. The van der Waals surface area contributed by atoms with Crippen LogP contribution in [0.15, 0.2) is 60.7 Å². The van der Waals surface area contributed by atoms with E-state index in [4.69, 9.17) is 4.74 Å². The molecule has 0 unspecified atom stereocenters. The molecule has 2 saturated carbocycles. The number of carbonyl (C=O) groups is 3. The molecule has 0 radical (unpaired) electrons. The number of hydrogen-bond donors (Lipinski definition) is 0. The van der Waals surface area contributed by atoms with Gasteiger partial charge in [-0.25, -0.2) is 9.69 Å². The van der Waals surface area contributed by atoms with E-state index in [-0.39, 0.29) is 35.5 Å². The maximum Gasteiger partial charge on any atom is 0.343 e. The Hall–Kier alpha value is -3.21. The second-order valence-corrected chi connectivity index (χ2v) is 8.87. The smallest absolute Gasteiger partial charge is 0.343 e. The Morgan fingerprint density at radius 3 is 2.27 bits per heavy atom. The van der Waals surface area contributed by atoms with Crippen LogP contribution >= 0.6 is 0 Å². The number of imide groups is 1. The van der Waals surface area contributed by atoms with Crippen LogP contribution in [0.5, 0.6) is 5.75 Å². The van der Waals surface area contributed by atoms with Gasteiger partial charge in [-0.2, -0.15) is 0 Å². The summed E-state index contributed by atoms with van der Waals surface area (Å²) in [7, 11) is 0. The Morgan fingerprint density at radius 2 is 1.60 bits per heavy atom. The van der Waals surface area contributed by atoms with Crippen LogP contribution in [0.1, 0.15) is 22.3 Å². The first kappa shape index (κ1) is 17.6. The highest BCUT2D eigenvalue weighted by Crippen LogP contribution is 2.65. The Kier molecular flexibility index (Phi) is 3.61. The summed E-state index contributed by atoms with van der Waals surface area (Å²) in [4.78, 5) is 40.5. The van der Waals surface area contributed by atoms with Gasteiger partial charge < -0.3 is 4.74 Å². The number of anilines is 1. The molecule has 150 valence electrons. The minimum Gasteiger partial charge on any atom is -0.423 e. The third-order valence-electron chi connectivity index (χ3n) is 7.30. The van der Waals surface area contributed by atoms with Crippen molar-refractivity contribution in [1.82, 2.24) is 0 Å². The van der Waals surface area contributed by atoms with Crippen LogP contribution in [0.25, 0.3) is 0 Å². The van der Waals surface area contributed by atoms with Gasteiger partial charge in [0, 0.05) is 0 Å². The van der Waals surface area contributed by atoms with Crippen molar-refractivity contribution in [3.8, 4) is 5.75 Å². The van der Waals surface area contributed by atoms with E-state index in [1.54, 1.807) is 30.3 Å². The van der Waals surface area contributed by atoms with Crippen LogP contribution in [0.3, 0.4) is 0 Å². The second kappa shape index (κ2) is 6.14. The molecule has 6 atom stereocenters. The number of rotatable bonds is 3. The SMILES string of the molecule is Cc1ccccc1OC(=O)c1cccc(N2C(=O)[C@@H]3[C@H]4C=C[C@@H]([C@@H]5C[C@H]45)[C@@H]3C2=O)c1. The lowest BCUT2D eigenvalue weighted by molar-refractivity contribution is -0.124. The van der Waals surface area contributed by atoms with Crippen LogP contribution in [0.4, 0.5) is 5.69 Å². The molecular weight excluding hydrogens is 378 g/mol. The molecule has 1 heterocycles. The number of esters is 1. The number of ether oxygens (including phenoxy) is 1. The fourth-order valence-corrected chi connectivity index (χ4v) is 5.81. The summed E-state index contributed by atoms with van der Waals surface area (Å²) < 4.78 is 5.52. The van der Waals surface area contributed by atoms with Crippen molar-refractivity contribution < 1.29 is 19.1 Å². The van der Waals surface area contributed by atoms with Gasteiger partial charge >= 0.3 is 5.97 Å². The lowest BCUT2D eigenvalue weighted by atomic mass is 9.63. The molecule has 0 spiro atoms. The van der Waals surface area contributed by atoms with E-state index in [2.05, 4.69) is 12.2 Å². The van der Waals surface area contributed by atoms with E-state index in [1.807, 2.05) is 25.1 Å². The summed E-state index contributed by atoms with van der Waals surface area (Å²) in [6.45, 7) is 1.87. The van der Waals surface area contributed by atoms with Gasteiger partial charge in [0.2, 0.25) is 11.8 Å². The van der Waals surface area contributed by atoms with Crippen LogP contribution in [-0.4, -0.2) is 17.8 Å². The summed E-state index contributed by atoms with van der Waals surface area (Å²) in [5.41, 5.74) is 1.62. The number of aryl methyl sites for hydroxylation is 1. The first-order valence-corrected chi connectivity index (χ1v) is 10.5. The highest BCUT2D eigenvalue weighted by atomic mass is 16.5. The molecular formula is C25H21NO4. The van der Waals surface area contributed by atoms with Gasteiger partial charge in [0.15, 0.2) is 0 Å². The predicted molar refractivity (Wildman–Crippen MR) is 110 cm³/mol. The van der Waals surface area contributed by atoms with E-state index >= 15 is 0 Å². The van der Waals surface area contributed by atoms with Gasteiger partial charge in [0.25, 0.3) is 0 Å². The van der Waals surface area contributed by atoms with Crippen LogP contribution in [0, 0.1) is 42.4 Å². The van der Waals surface area contributed by atoms with Crippen molar-refractivity contribution >= 4 is 23.5 Å². The minimum atomic E-state index is -0.509. The molecule has 0 N–H and O–H groups in total. The average molecular weight is 399 g/mol. The molecule has 30 heavy (non-hydrogen) atoms. The Labute approximate surface area is 174 Å². The monoisotopic (exact) mass is 399 g/mol. The number of hydrogen-bond acceptors (Lipinski definition) is 4. The lowest BCUT2D eigenvalue weighted by Crippen LogP contribution is -2.40. The molecule has 0 aromatic heterocycles. The largest absolute Gasteiger partial charge is 0.423 e. The molecule has 5 heteroatoms. The zero-order valence-electron chi connectivity index (χ0n) is 16.5. The highest BCUT2D eigenvalue weighted by molar-refractivity contribution is 6.23. The molecule has 4 aliphatic carbocycles. The van der Waals surface area contributed by atoms with Gasteiger partial charge in [-0.1, -0.05) is 36.4 Å². The molecule has 2 aromatic carbocycles. The van der Waals surface area contributed by atoms with Gasteiger partial charge in [-0.15, -0.1) is 0 Å². The van der Waals surface area contributed by atoms with Crippen LogP contribution in [-0.2, 0) is 9.59 Å². The molecule has 2 aromatic rings. The van der Waals surface area contributed by atoms with Crippen molar-refractivity contribution in [3.63, 3.8) is 0 Å². The predicted octanol–water partition coefficient (Wildman–Crippen LogP) is 3.77. The van der Waals surface area contributed by atoms with Crippen LogP contribution < -0.4 is 9.64 Å². The summed E-state index contributed by atoms with van der Waals surface area (Å²) >= 11 is 0. The van der Waals surface area contributed by atoms with Gasteiger partial charge in [0.1, 0.15) is 5.75 Å². The molecule has 5 aliphatic rings. The Bertz CT molecular complexity index is 1100. The van der Waals surface area contributed by atoms with Crippen LogP contribution in [0.2, 0.25) is 0 Å². The number of benzene rings is 2. The summed E-state index contributed by atoms with van der Waals surface area (Å²) in [5.74, 6) is 0.721. The number of nitrogens with zero attached hydrogens (tertiary/aromatic N) is 1. The lowest BCUT2D eigenvalue weighted by Gasteiger charge is -2.37. The summed E-state index contributed by atoms with van der Waals surface area (Å²) in [6.07, 6.45) is 5.45. The molecule has 2 bridgehead atoms. The molecule has 7 rings (SSSR count). The second-order valence-electron chi connectivity index (χ2n) is 8.87. The number of amides is 2. The topological polar surface area (TPSA) is 63.7 Å². The van der Waals surface area contributed by atoms with Gasteiger partial charge in [0.05, 0.1) is 23.1 Å². The van der Waals surface area contributed by atoms with Crippen molar-refractivity contribution in [3.05, 3.63) is 71.8 Å². The van der Waals surface area contributed by atoms with Gasteiger partial charge in [-0.05, 0) is 66.8 Å². The minimum absolute atomic E-state index is 0.126. The Morgan fingerprint density at radius 1 is 0.933 bits per heavy atom. The molecule has 3 fully saturated rings. The Balaban J connectivity index is 1.30. The van der Waals surface area contributed by atoms with E-state index in [9.17, 15) is 14.4 Å². The van der Waals surface area contributed by atoms with E-state index in [0.717, 1.165) is 12.0 Å². The standard InChI is InChI=1S/C25H21NO4/c1-13-5-2-3-8-20(13)30-25(29)14-6-4-7-15(11-14)26-23(27)21-16-9-10-17(19-12-18(16)19)22(21)24(26)28/h2-11,16-19,21-22H,12H2,1H3/t16-,17-,18-,19+,21-,22+/m0/s1. The highest BCUT2D eigenvalue weighted by Gasteiger charge is 2.67. The number of para-hydroxylation sites is 1. The molecule has 5 nitrogen and oxygen atoms in total. The third-order valence-corrected chi connectivity index (χ3v) is 7.30. The van der Waals surface area contributed by atoms with Crippen molar-refractivity contribution in [2.24, 2.45) is 35.5 Å². The zero-order chi connectivity index (χ0) is 20.6. The first-order valence-electron chi connectivity index (χ1n) is 10.5. The normalized spacial score (nSPS) is 32.8. The maximum absolute atomic E-state index is 13.3. The molecule has 1 saturated heterocycles. The van der Waals surface area contributed by atoms with Crippen molar-refractivity contribution in [2.45, 2.75) is 13.3 Å². The van der Waals surface area contributed by atoms with Gasteiger partial charge in [-0.3, -0.25) is 9.59 Å². The first-order chi connectivity index (χ1) is 14.5.